The zero-order valence-electron chi connectivity index (χ0n) is 12.9. The lowest BCUT2D eigenvalue weighted by Gasteiger charge is -2.34. The first-order valence-electron chi connectivity index (χ1n) is 6.71. The van der Waals surface area contributed by atoms with Gasteiger partial charge in [-0.25, -0.2) is 0 Å². The summed E-state index contributed by atoms with van der Waals surface area (Å²) in [6.45, 7) is 0. The number of phenolic OH excluding ortho intramolecular Hbond substituents is 1. The molecule has 0 spiro atoms. The SMILES string of the molecule is COC1(OC)CC(=O)C(=C(O)c2ccccc2O)C=C1S(=O)(=O)O. The van der Waals surface area contributed by atoms with Gasteiger partial charge in [0.25, 0.3) is 10.1 Å². The summed E-state index contributed by atoms with van der Waals surface area (Å²) < 4.78 is 42.7. The lowest BCUT2D eigenvalue weighted by Crippen LogP contribution is -2.44. The number of carbonyl (C=O) groups is 1. The van der Waals surface area contributed by atoms with Gasteiger partial charge in [0.1, 0.15) is 16.4 Å². The highest BCUT2D eigenvalue weighted by atomic mass is 32.2. The number of para-hydroxylation sites is 1. The van der Waals surface area contributed by atoms with E-state index in [4.69, 9.17) is 9.47 Å². The molecule has 1 aliphatic carbocycles. The van der Waals surface area contributed by atoms with Crippen molar-refractivity contribution in [2.75, 3.05) is 14.2 Å². The lowest BCUT2D eigenvalue weighted by atomic mass is 9.92. The maximum Gasteiger partial charge on any atom is 0.296 e. The van der Waals surface area contributed by atoms with Crippen LogP contribution in [0.4, 0.5) is 0 Å². The van der Waals surface area contributed by atoms with E-state index in [2.05, 4.69) is 0 Å². The molecule has 8 nitrogen and oxygen atoms in total. The van der Waals surface area contributed by atoms with Crippen molar-refractivity contribution in [3.63, 3.8) is 0 Å². The summed E-state index contributed by atoms with van der Waals surface area (Å²) in [5.41, 5.74) is -0.456. The lowest BCUT2D eigenvalue weighted by molar-refractivity contribution is -0.181. The first kappa shape index (κ1) is 18.1. The molecular weight excluding hydrogens is 340 g/mol. The Morgan fingerprint density at radius 3 is 2.29 bits per heavy atom. The smallest absolute Gasteiger partial charge is 0.296 e. The molecule has 0 aromatic heterocycles. The molecule has 0 heterocycles. The summed E-state index contributed by atoms with van der Waals surface area (Å²) in [7, 11) is -2.55. The maximum atomic E-state index is 12.3. The summed E-state index contributed by atoms with van der Waals surface area (Å²) in [5, 5.41) is 20.1. The van der Waals surface area contributed by atoms with Gasteiger partial charge < -0.3 is 19.7 Å². The zero-order valence-corrected chi connectivity index (χ0v) is 13.7. The Hall–Kier alpha value is -2.20. The predicted molar refractivity (Wildman–Crippen MR) is 83.7 cm³/mol. The number of benzene rings is 1. The highest BCUT2D eigenvalue weighted by molar-refractivity contribution is 7.89. The third kappa shape index (κ3) is 3.06. The largest absolute Gasteiger partial charge is 0.507 e. The number of methoxy groups -OCH3 is 2. The average molecular weight is 356 g/mol. The molecule has 24 heavy (non-hydrogen) atoms. The Bertz CT molecular complexity index is 831. The Labute approximate surface area is 138 Å². The van der Waals surface area contributed by atoms with E-state index in [1.54, 1.807) is 0 Å². The van der Waals surface area contributed by atoms with Crippen molar-refractivity contribution in [2.24, 2.45) is 0 Å². The average Bonchev–Trinajstić information content (AvgIpc) is 2.53. The fourth-order valence-corrected chi connectivity index (χ4v) is 3.33. The van der Waals surface area contributed by atoms with Crippen molar-refractivity contribution < 1.29 is 37.5 Å². The highest BCUT2D eigenvalue weighted by Crippen LogP contribution is 2.38. The van der Waals surface area contributed by atoms with E-state index in [0.717, 1.165) is 20.3 Å². The minimum absolute atomic E-state index is 0.0610. The molecule has 1 aromatic carbocycles. The van der Waals surface area contributed by atoms with E-state index in [-0.39, 0.29) is 11.3 Å². The number of aliphatic hydroxyl groups excluding tert-OH is 1. The van der Waals surface area contributed by atoms with Gasteiger partial charge in [0.05, 0.1) is 17.6 Å². The third-order valence-electron chi connectivity index (χ3n) is 3.70. The van der Waals surface area contributed by atoms with E-state index in [9.17, 15) is 28.0 Å². The van der Waals surface area contributed by atoms with Gasteiger partial charge in [-0.3, -0.25) is 9.35 Å². The first-order valence-corrected chi connectivity index (χ1v) is 8.15. The molecular formula is C15H16O8S. The first-order chi connectivity index (χ1) is 11.2. The zero-order chi connectivity index (χ0) is 18.1. The molecule has 0 unspecified atom stereocenters. The molecule has 0 saturated carbocycles. The summed E-state index contributed by atoms with van der Waals surface area (Å²) in [6.07, 6.45) is 0.189. The van der Waals surface area contributed by atoms with Crippen LogP contribution < -0.4 is 0 Å². The van der Waals surface area contributed by atoms with E-state index in [0.29, 0.717) is 0 Å². The molecule has 2 rings (SSSR count). The molecule has 3 N–H and O–H groups in total. The molecule has 0 amide bonds. The van der Waals surface area contributed by atoms with E-state index in [1.165, 1.54) is 24.3 Å². The quantitative estimate of drug-likeness (QED) is 0.319. The van der Waals surface area contributed by atoms with Crippen molar-refractivity contribution in [3.8, 4) is 5.75 Å². The molecule has 0 radical (unpaired) electrons. The number of ketones is 1. The second kappa shape index (κ2) is 6.36. The molecule has 0 aliphatic heterocycles. The fraction of sp³-hybridized carbons (Fsp3) is 0.267. The Kier molecular flexibility index (Phi) is 4.81. The summed E-state index contributed by atoms with van der Waals surface area (Å²) in [6, 6.07) is 5.67. The number of hydrogen-bond acceptors (Lipinski definition) is 7. The van der Waals surface area contributed by atoms with Crippen LogP contribution in [0.2, 0.25) is 0 Å². The minimum atomic E-state index is -4.79. The highest BCUT2D eigenvalue weighted by Gasteiger charge is 2.47. The number of Topliss-reactive ketones (excluding diaryl/α,β-unsaturated/α-hetero) is 1. The van der Waals surface area contributed by atoms with Gasteiger partial charge in [-0.15, -0.1) is 0 Å². The number of aliphatic hydroxyl groups is 1. The van der Waals surface area contributed by atoms with Crippen molar-refractivity contribution in [3.05, 3.63) is 46.4 Å². The Balaban J connectivity index is 2.75. The van der Waals surface area contributed by atoms with Crippen LogP contribution in [-0.4, -0.2) is 49.0 Å². The predicted octanol–water partition coefficient (Wildman–Crippen LogP) is 1.39. The van der Waals surface area contributed by atoms with Gasteiger partial charge in [0.15, 0.2) is 5.78 Å². The van der Waals surface area contributed by atoms with Crippen LogP contribution in [-0.2, 0) is 24.4 Å². The summed E-state index contributed by atoms with van der Waals surface area (Å²) in [5.74, 6) is -3.60. The normalized spacial score (nSPS) is 19.8. The number of allylic oxidation sites excluding steroid dienone is 2. The topological polar surface area (TPSA) is 130 Å². The van der Waals surface area contributed by atoms with Crippen molar-refractivity contribution >= 4 is 21.7 Å². The molecule has 0 bridgehead atoms. The van der Waals surface area contributed by atoms with Crippen LogP contribution in [0.25, 0.3) is 5.76 Å². The van der Waals surface area contributed by atoms with Crippen molar-refractivity contribution in [2.45, 2.75) is 12.2 Å². The van der Waals surface area contributed by atoms with Crippen molar-refractivity contribution in [1.29, 1.82) is 0 Å². The van der Waals surface area contributed by atoms with Gasteiger partial charge >= 0.3 is 0 Å². The summed E-state index contributed by atoms with van der Waals surface area (Å²) in [4.78, 5) is 11.6. The molecule has 1 aliphatic rings. The fourth-order valence-electron chi connectivity index (χ4n) is 2.43. The van der Waals surface area contributed by atoms with E-state index in [1.807, 2.05) is 0 Å². The number of carbonyl (C=O) groups excluding carboxylic acids is 1. The Morgan fingerprint density at radius 2 is 1.79 bits per heavy atom. The van der Waals surface area contributed by atoms with Crippen LogP contribution in [0.15, 0.2) is 40.8 Å². The van der Waals surface area contributed by atoms with Crippen molar-refractivity contribution in [1.82, 2.24) is 0 Å². The summed E-state index contributed by atoms with van der Waals surface area (Å²) >= 11 is 0. The van der Waals surface area contributed by atoms with Crippen LogP contribution in [0.3, 0.4) is 0 Å². The maximum absolute atomic E-state index is 12.3. The van der Waals surface area contributed by atoms with E-state index >= 15 is 0 Å². The standard InChI is InChI=1S/C15H16O8S/c1-22-15(23-2)8-12(17)10(7-13(15)24(19,20)21)14(18)9-5-3-4-6-11(9)16/h3-7,16,18H,8H2,1-2H3,(H,19,20,21). The number of rotatable bonds is 4. The number of ether oxygens (including phenoxy) is 2. The van der Waals surface area contributed by atoms with Crippen LogP contribution >= 0.6 is 0 Å². The van der Waals surface area contributed by atoms with E-state index < -0.39 is 44.3 Å². The second-order valence-electron chi connectivity index (χ2n) is 5.02. The third-order valence-corrected chi connectivity index (χ3v) is 4.68. The molecule has 0 saturated heterocycles. The van der Waals surface area contributed by atoms with Crippen LogP contribution in [0.1, 0.15) is 12.0 Å². The number of aromatic hydroxyl groups is 1. The van der Waals surface area contributed by atoms with Gasteiger partial charge in [0, 0.05) is 14.2 Å². The van der Waals surface area contributed by atoms with Gasteiger partial charge in [-0.2, -0.15) is 8.42 Å². The number of hydrogen-bond donors (Lipinski definition) is 3. The second-order valence-corrected chi connectivity index (χ2v) is 6.41. The van der Waals surface area contributed by atoms with Crippen LogP contribution in [0.5, 0.6) is 5.75 Å². The molecule has 0 fully saturated rings. The van der Waals surface area contributed by atoms with Gasteiger partial charge in [0.2, 0.25) is 5.79 Å². The molecule has 9 heteroatoms. The van der Waals surface area contributed by atoms with Gasteiger partial charge in [-0.1, -0.05) is 12.1 Å². The Morgan fingerprint density at radius 1 is 1.21 bits per heavy atom. The molecule has 0 atom stereocenters. The number of phenols is 1. The molecule has 1 aromatic rings. The minimum Gasteiger partial charge on any atom is -0.507 e. The van der Waals surface area contributed by atoms with Crippen LogP contribution in [0, 0.1) is 0 Å². The monoisotopic (exact) mass is 356 g/mol. The van der Waals surface area contributed by atoms with Gasteiger partial charge in [-0.05, 0) is 18.2 Å². The molecule has 130 valence electrons.